The number of amides is 2. The fraction of sp³-hybridized carbons (Fsp3) is 0.333. The van der Waals surface area contributed by atoms with E-state index in [0.717, 1.165) is 18.4 Å². The van der Waals surface area contributed by atoms with Crippen LogP contribution in [0.15, 0.2) is 35.1 Å². The molecule has 3 rings (SSSR count). The van der Waals surface area contributed by atoms with Gasteiger partial charge in [0, 0.05) is 31.0 Å². The van der Waals surface area contributed by atoms with Crippen molar-refractivity contribution in [3.63, 3.8) is 0 Å². The van der Waals surface area contributed by atoms with Crippen LogP contribution < -0.4 is 5.32 Å². The standard InChI is InChI=1S/C15H16N4O3/c1-10-8-13(18-22-10)17-14(20)15(21)19(12-2-3-12)9-11-4-6-16-7-5-11/h4-8,12H,2-3,9H2,1H3,(H,17,18,20). The van der Waals surface area contributed by atoms with E-state index in [-0.39, 0.29) is 11.9 Å². The average Bonchev–Trinajstić information content (AvgIpc) is 3.28. The number of rotatable bonds is 4. The SMILES string of the molecule is Cc1cc(NC(=O)C(=O)N(Cc2ccncc2)C2CC2)no1. The van der Waals surface area contributed by atoms with Gasteiger partial charge in [0.15, 0.2) is 5.82 Å². The van der Waals surface area contributed by atoms with Crippen LogP contribution in [0.3, 0.4) is 0 Å². The van der Waals surface area contributed by atoms with E-state index >= 15 is 0 Å². The molecule has 7 nitrogen and oxygen atoms in total. The monoisotopic (exact) mass is 300 g/mol. The Bertz CT molecular complexity index is 679. The summed E-state index contributed by atoms with van der Waals surface area (Å²) in [5.74, 6) is -0.441. The zero-order valence-corrected chi connectivity index (χ0v) is 12.2. The molecular formula is C15H16N4O3. The summed E-state index contributed by atoms with van der Waals surface area (Å²) in [4.78, 5) is 30.0. The summed E-state index contributed by atoms with van der Waals surface area (Å²) in [5, 5.41) is 6.12. The maximum absolute atomic E-state index is 12.4. The van der Waals surface area contributed by atoms with E-state index < -0.39 is 11.8 Å². The lowest BCUT2D eigenvalue weighted by Crippen LogP contribution is -2.40. The van der Waals surface area contributed by atoms with Crippen LogP contribution in [0, 0.1) is 6.92 Å². The number of carbonyl (C=O) groups is 2. The molecule has 1 N–H and O–H groups in total. The summed E-state index contributed by atoms with van der Waals surface area (Å²) in [6.45, 7) is 2.11. The molecule has 22 heavy (non-hydrogen) atoms. The predicted molar refractivity (Wildman–Crippen MR) is 77.7 cm³/mol. The van der Waals surface area contributed by atoms with Gasteiger partial charge in [-0.3, -0.25) is 19.9 Å². The lowest BCUT2D eigenvalue weighted by atomic mass is 10.2. The first-order chi connectivity index (χ1) is 10.6. The second kappa shape index (κ2) is 5.97. The third-order valence-electron chi connectivity index (χ3n) is 3.41. The van der Waals surface area contributed by atoms with Gasteiger partial charge in [0.2, 0.25) is 0 Å². The molecule has 2 amide bonds. The van der Waals surface area contributed by atoms with Crippen molar-refractivity contribution in [2.45, 2.75) is 32.4 Å². The average molecular weight is 300 g/mol. The van der Waals surface area contributed by atoms with Gasteiger partial charge in [-0.15, -0.1) is 0 Å². The van der Waals surface area contributed by atoms with Crippen LogP contribution in [0.5, 0.6) is 0 Å². The van der Waals surface area contributed by atoms with Gasteiger partial charge in [-0.25, -0.2) is 0 Å². The molecule has 0 bridgehead atoms. The summed E-state index contributed by atoms with van der Waals surface area (Å²) in [7, 11) is 0. The van der Waals surface area contributed by atoms with E-state index in [2.05, 4.69) is 15.5 Å². The van der Waals surface area contributed by atoms with Gasteiger partial charge in [0.25, 0.3) is 0 Å². The van der Waals surface area contributed by atoms with Crippen LogP contribution in [0.1, 0.15) is 24.2 Å². The first-order valence-corrected chi connectivity index (χ1v) is 7.07. The zero-order chi connectivity index (χ0) is 15.5. The molecule has 0 unspecified atom stereocenters. The molecule has 0 radical (unpaired) electrons. The highest BCUT2D eigenvalue weighted by Crippen LogP contribution is 2.28. The van der Waals surface area contributed by atoms with E-state index in [4.69, 9.17) is 4.52 Å². The Morgan fingerprint density at radius 2 is 2.09 bits per heavy atom. The molecule has 2 aromatic rings. The van der Waals surface area contributed by atoms with Crippen molar-refractivity contribution in [3.05, 3.63) is 41.9 Å². The Morgan fingerprint density at radius 1 is 1.36 bits per heavy atom. The topological polar surface area (TPSA) is 88.3 Å². The smallest absolute Gasteiger partial charge is 0.315 e. The maximum atomic E-state index is 12.4. The van der Waals surface area contributed by atoms with Crippen molar-refractivity contribution >= 4 is 17.6 Å². The summed E-state index contributed by atoms with van der Waals surface area (Å²) in [6.07, 6.45) is 5.19. The zero-order valence-electron chi connectivity index (χ0n) is 12.2. The lowest BCUT2D eigenvalue weighted by molar-refractivity contribution is -0.144. The normalized spacial score (nSPS) is 13.7. The molecule has 2 heterocycles. The number of nitrogens with one attached hydrogen (secondary N) is 1. The fourth-order valence-corrected chi connectivity index (χ4v) is 2.16. The highest BCUT2D eigenvalue weighted by molar-refractivity contribution is 6.39. The van der Waals surface area contributed by atoms with Crippen molar-refractivity contribution in [1.29, 1.82) is 0 Å². The highest BCUT2D eigenvalue weighted by Gasteiger charge is 2.35. The van der Waals surface area contributed by atoms with E-state index in [9.17, 15) is 9.59 Å². The molecule has 0 saturated heterocycles. The van der Waals surface area contributed by atoms with E-state index in [0.29, 0.717) is 12.3 Å². The number of nitrogens with zero attached hydrogens (tertiary/aromatic N) is 3. The number of carbonyl (C=O) groups excluding carboxylic acids is 2. The minimum atomic E-state index is -0.700. The van der Waals surface area contributed by atoms with Gasteiger partial charge in [0.1, 0.15) is 5.76 Å². The Hall–Kier alpha value is -2.70. The molecule has 1 saturated carbocycles. The molecule has 1 aliphatic rings. The third kappa shape index (κ3) is 3.30. The number of pyridine rings is 1. The number of aromatic nitrogens is 2. The van der Waals surface area contributed by atoms with Crippen LogP contribution >= 0.6 is 0 Å². The van der Waals surface area contributed by atoms with Crippen molar-refractivity contribution in [3.8, 4) is 0 Å². The third-order valence-corrected chi connectivity index (χ3v) is 3.41. The molecule has 1 aliphatic carbocycles. The minimum Gasteiger partial charge on any atom is -0.360 e. The molecule has 0 atom stereocenters. The maximum Gasteiger partial charge on any atom is 0.315 e. The number of hydrogen-bond acceptors (Lipinski definition) is 5. The van der Waals surface area contributed by atoms with Gasteiger partial charge in [-0.2, -0.15) is 0 Å². The molecule has 1 fully saturated rings. The second-order valence-electron chi connectivity index (χ2n) is 5.30. The van der Waals surface area contributed by atoms with Gasteiger partial charge in [0.05, 0.1) is 0 Å². The lowest BCUT2D eigenvalue weighted by Gasteiger charge is -2.21. The fourth-order valence-electron chi connectivity index (χ4n) is 2.16. The van der Waals surface area contributed by atoms with Crippen LogP contribution in [0.25, 0.3) is 0 Å². The molecule has 7 heteroatoms. The Labute approximate surface area is 127 Å². The Morgan fingerprint density at radius 3 is 2.68 bits per heavy atom. The van der Waals surface area contributed by atoms with E-state index in [1.54, 1.807) is 30.3 Å². The molecule has 0 aromatic carbocycles. The van der Waals surface area contributed by atoms with Crippen molar-refractivity contribution in [2.75, 3.05) is 5.32 Å². The van der Waals surface area contributed by atoms with Crippen LogP contribution in [0.4, 0.5) is 5.82 Å². The first-order valence-electron chi connectivity index (χ1n) is 7.07. The van der Waals surface area contributed by atoms with Crippen LogP contribution in [-0.4, -0.2) is 32.9 Å². The van der Waals surface area contributed by atoms with Crippen LogP contribution in [-0.2, 0) is 16.1 Å². The van der Waals surface area contributed by atoms with Crippen molar-refractivity contribution in [1.82, 2.24) is 15.0 Å². The Balaban J connectivity index is 1.68. The molecule has 0 spiro atoms. The quantitative estimate of drug-likeness (QED) is 0.865. The van der Waals surface area contributed by atoms with Gasteiger partial charge >= 0.3 is 11.8 Å². The summed E-state index contributed by atoms with van der Waals surface area (Å²) in [5.41, 5.74) is 0.945. The van der Waals surface area contributed by atoms with Crippen molar-refractivity contribution < 1.29 is 14.1 Å². The Kier molecular flexibility index (Phi) is 3.86. The molecule has 0 aliphatic heterocycles. The first kappa shape index (κ1) is 14.2. The summed E-state index contributed by atoms with van der Waals surface area (Å²) in [6, 6.07) is 5.36. The minimum absolute atomic E-state index is 0.130. The predicted octanol–water partition coefficient (Wildman–Crippen LogP) is 1.51. The largest absolute Gasteiger partial charge is 0.360 e. The molecular weight excluding hydrogens is 284 g/mol. The summed E-state index contributed by atoms with van der Waals surface area (Å²) >= 11 is 0. The molecule has 2 aromatic heterocycles. The highest BCUT2D eigenvalue weighted by atomic mass is 16.5. The second-order valence-corrected chi connectivity index (χ2v) is 5.30. The van der Waals surface area contributed by atoms with Gasteiger partial charge < -0.3 is 9.42 Å². The number of anilines is 1. The van der Waals surface area contributed by atoms with Crippen LogP contribution in [0.2, 0.25) is 0 Å². The van der Waals surface area contributed by atoms with Crippen molar-refractivity contribution in [2.24, 2.45) is 0 Å². The van der Waals surface area contributed by atoms with Gasteiger partial charge in [-0.05, 0) is 37.5 Å². The van der Waals surface area contributed by atoms with Gasteiger partial charge in [-0.1, -0.05) is 5.16 Å². The summed E-state index contributed by atoms with van der Waals surface area (Å²) < 4.78 is 4.86. The van der Waals surface area contributed by atoms with E-state index in [1.807, 2.05) is 12.1 Å². The van der Waals surface area contributed by atoms with E-state index in [1.165, 1.54) is 0 Å². The number of hydrogen-bond donors (Lipinski definition) is 1. The number of aryl methyl sites for hydroxylation is 1. The molecule has 114 valence electrons.